The molecule has 0 aromatic rings. The summed E-state index contributed by atoms with van der Waals surface area (Å²) in [5, 5.41) is 10.6. The van der Waals surface area contributed by atoms with E-state index in [1.165, 1.54) is 57.8 Å². The number of hydrogen-bond donors (Lipinski definition) is 3. The smallest absolute Gasteiger partial charge is 0.462 e. The van der Waals surface area contributed by atoms with Gasteiger partial charge in [0.05, 0.1) is 26.4 Å². The van der Waals surface area contributed by atoms with Crippen molar-refractivity contribution in [1.29, 1.82) is 0 Å². The van der Waals surface area contributed by atoms with Crippen molar-refractivity contribution in [3.63, 3.8) is 0 Å². The first-order valence-electron chi connectivity index (χ1n) is 40.1. The van der Waals surface area contributed by atoms with Crippen LogP contribution >= 0.6 is 15.6 Å². The summed E-state index contributed by atoms with van der Waals surface area (Å²) in [7, 11) is -10.00. The predicted octanol–water partition coefficient (Wildman–Crippen LogP) is 23.4. The number of carbonyl (C=O) groups excluding carboxylic acids is 4. The number of allylic oxidation sites excluding steroid dienone is 24. The van der Waals surface area contributed by atoms with Crippen LogP contribution in [-0.2, 0) is 65.4 Å². The number of unbranched alkanes of at least 4 members (excludes halogenated alkanes) is 24. The molecular formula is C85H142O17P2. The molecule has 0 spiro atoms. The number of ether oxygens (including phenoxy) is 4. The largest absolute Gasteiger partial charge is 0.472 e. The summed E-state index contributed by atoms with van der Waals surface area (Å²) in [6, 6.07) is 0. The summed E-state index contributed by atoms with van der Waals surface area (Å²) < 4.78 is 68.5. The van der Waals surface area contributed by atoms with E-state index in [0.717, 1.165) is 167 Å². The van der Waals surface area contributed by atoms with E-state index in [1.54, 1.807) is 0 Å². The molecule has 594 valence electrons. The summed E-state index contributed by atoms with van der Waals surface area (Å²) in [5.74, 6) is -2.32. The lowest BCUT2D eigenvalue weighted by Crippen LogP contribution is -2.30. The van der Waals surface area contributed by atoms with Gasteiger partial charge >= 0.3 is 39.5 Å². The summed E-state index contributed by atoms with van der Waals surface area (Å²) >= 11 is 0. The van der Waals surface area contributed by atoms with Gasteiger partial charge in [0, 0.05) is 25.7 Å². The minimum atomic E-state index is -5.00. The van der Waals surface area contributed by atoms with Crippen LogP contribution in [0.3, 0.4) is 0 Å². The standard InChI is InChI=1S/C85H142O17P2/c1-5-9-13-17-21-25-29-33-37-38-39-40-44-46-50-54-58-62-66-70-83(88)96-76-81(102-85(90)72-68-64-60-56-52-48-43-36-32-28-24-20-16-12-8-4)78-100-104(93,94)98-74-79(86)73-97-103(91,92)99-77-80(101-84(89)71-67-63-59-55-51-47-42-35-31-27-23-19-15-11-7-3)75-95-82(87)69-65-61-57-53-49-45-41-34-30-26-22-18-14-10-6-2/h9,12-13,16,21-22,24-26,28,33-37,39-43,46,50,58,62,79-81,86H,5-8,10-11,14-15,17-20,23,27,29-32,38,44-45,47-49,51-57,59-61,63-78H2,1-4H3,(H,91,92)(H,93,94)/b13-9-,16-12-,25-21-,26-22-,28-24-,37-33-,40-39-,41-34-,42-35-,43-36-,50-46-,62-58-. The van der Waals surface area contributed by atoms with Crippen LogP contribution in [0.15, 0.2) is 146 Å². The number of aliphatic hydroxyl groups excluding tert-OH is 1. The molecular weight excluding hydrogens is 1350 g/mol. The van der Waals surface area contributed by atoms with E-state index in [1.807, 2.05) is 18.2 Å². The van der Waals surface area contributed by atoms with E-state index in [4.69, 9.17) is 37.0 Å². The van der Waals surface area contributed by atoms with E-state index in [2.05, 4.69) is 155 Å². The Balaban J connectivity index is 5.46. The lowest BCUT2D eigenvalue weighted by Gasteiger charge is -2.21. The van der Waals surface area contributed by atoms with Crippen LogP contribution in [0.25, 0.3) is 0 Å². The maximum absolute atomic E-state index is 13.1. The zero-order valence-corrected chi connectivity index (χ0v) is 66.7. The summed E-state index contributed by atoms with van der Waals surface area (Å²) in [6.07, 6.45) is 86.9. The number of aliphatic hydroxyl groups is 1. The zero-order chi connectivity index (χ0) is 76.0. The maximum Gasteiger partial charge on any atom is 0.472 e. The van der Waals surface area contributed by atoms with Crippen LogP contribution in [0.4, 0.5) is 0 Å². The average Bonchev–Trinajstić information content (AvgIpc) is 0.918. The normalized spacial score (nSPS) is 14.6. The minimum absolute atomic E-state index is 0.0277. The van der Waals surface area contributed by atoms with Crippen LogP contribution in [-0.4, -0.2) is 96.7 Å². The van der Waals surface area contributed by atoms with Crippen molar-refractivity contribution in [3.05, 3.63) is 146 Å². The highest BCUT2D eigenvalue weighted by Gasteiger charge is 2.30. The van der Waals surface area contributed by atoms with E-state index < -0.39 is 97.5 Å². The Labute approximate surface area is 630 Å². The Morgan fingerprint density at radius 3 is 0.856 bits per heavy atom. The molecule has 0 amide bonds. The van der Waals surface area contributed by atoms with Gasteiger partial charge in [-0.3, -0.25) is 37.3 Å². The molecule has 0 aliphatic carbocycles. The van der Waals surface area contributed by atoms with Gasteiger partial charge in [-0.05, 0) is 154 Å². The van der Waals surface area contributed by atoms with Crippen molar-refractivity contribution in [1.82, 2.24) is 0 Å². The fourth-order valence-corrected chi connectivity index (χ4v) is 11.8. The van der Waals surface area contributed by atoms with Gasteiger partial charge in [-0.1, -0.05) is 276 Å². The predicted molar refractivity (Wildman–Crippen MR) is 427 cm³/mol. The van der Waals surface area contributed by atoms with Gasteiger partial charge in [-0.2, -0.15) is 0 Å². The first-order chi connectivity index (χ1) is 50.7. The average molecular weight is 1500 g/mol. The third-order valence-corrected chi connectivity index (χ3v) is 18.2. The highest BCUT2D eigenvalue weighted by Crippen LogP contribution is 2.45. The third kappa shape index (κ3) is 75.2. The molecule has 0 heterocycles. The topological polar surface area (TPSA) is 237 Å². The molecule has 3 N–H and O–H groups in total. The highest BCUT2D eigenvalue weighted by molar-refractivity contribution is 7.47. The molecule has 0 saturated heterocycles. The molecule has 19 heteroatoms. The van der Waals surface area contributed by atoms with Gasteiger partial charge in [0.2, 0.25) is 0 Å². The quantitative estimate of drug-likeness (QED) is 0.0169. The molecule has 0 aromatic carbocycles. The molecule has 0 rings (SSSR count). The second-order valence-electron chi connectivity index (χ2n) is 26.2. The number of hydrogen-bond acceptors (Lipinski definition) is 15. The van der Waals surface area contributed by atoms with Gasteiger partial charge in [0.1, 0.15) is 19.3 Å². The number of phosphoric acid groups is 2. The molecule has 5 atom stereocenters. The SMILES string of the molecule is CC/C=C\C/C=C\C/C=C\C/C=C\C/C=C\C/C=C\CCC(=O)OCC(COP(=O)(O)OCC(O)COP(=O)(O)OCC(COC(=O)CCCCCCC/C=C\C/C=C\CCCCC)OC(=O)CCCCCCC/C=C\CCCCCCCC)OC(=O)CCCCCCC/C=C\C/C=C\C/C=C\CC. The van der Waals surface area contributed by atoms with Crippen LogP contribution in [0.5, 0.6) is 0 Å². The van der Waals surface area contributed by atoms with Gasteiger partial charge < -0.3 is 33.8 Å². The van der Waals surface area contributed by atoms with Gasteiger partial charge in [0.15, 0.2) is 12.2 Å². The number of carbonyl (C=O) groups is 4. The third-order valence-electron chi connectivity index (χ3n) is 16.3. The lowest BCUT2D eigenvalue weighted by atomic mass is 10.1. The minimum Gasteiger partial charge on any atom is -0.462 e. The molecule has 0 saturated carbocycles. The summed E-state index contributed by atoms with van der Waals surface area (Å²) in [6.45, 7) is 4.49. The number of rotatable bonds is 74. The Morgan fingerprint density at radius 2 is 0.519 bits per heavy atom. The van der Waals surface area contributed by atoms with Crippen molar-refractivity contribution in [2.75, 3.05) is 39.6 Å². The van der Waals surface area contributed by atoms with Gasteiger partial charge in [-0.15, -0.1) is 0 Å². The highest BCUT2D eigenvalue weighted by atomic mass is 31.2. The molecule has 5 unspecified atom stereocenters. The Morgan fingerprint density at radius 1 is 0.279 bits per heavy atom. The second-order valence-corrected chi connectivity index (χ2v) is 29.1. The molecule has 0 aliphatic rings. The van der Waals surface area contributed by atoms with E-state index in [9.17, 15) is 43.2 Å². The van der Waals surface area contributed by atoms with Crippen LogP contribution in [0, 0.1) is 0 Å². The Hall–Kier alpha value is -5.06. The van der Waals surface area contributed by atoms with Crippen LogP contribution in [0.2, 0.25) is 0 Å². The number of phosphoric ester groups is 2. The van der Waals surface area contributed by atoms with E-state index in [-0.39, 0.29) is 25.7 Å². The fraction of sp³-hybridized carbons (Fsp3) is 0.671. The molecule has 0 aromatic heterocycles. The van der Waals surface area contributed by atoms with Crippen molar-refractivity contribution in [2.45, 2.75) is 329 Å². The Bertz CT molecular complexity index is 2540. The van der Waals surface area contributed by atoms with Crippen molar-refractivity contribution in [3.8, 4) is 0 Å². The van der Waals surface area contributed by atoms with Crippen LogP contribution < -0.4 is 0 Å². The molecule has 104 heavy (non-hydrogen) atoms. The van der Waals surface area contributed by atoms with Crippen LogP contribution in [0.1, 0.15) is 310 Å². The van der Waals surface area contributed by atoms with E-state index in [0.29, 0.717) is 32.1 Å². The van der Waals surface area contributed by atoms with Crippen molar-refractivity contribution < 1.29 is 80.2 Å². The molecule has 0 bridgehead atoms. The molecule has 0 radical (unpaired) electrons. The zero-order valence-electron chi connectivity index (χ0n) is 64.9. The second kappa shape index (κ2) is 76.1. The first-order valence-corrected chi connectivity index (χ1v) is 43.1. The Kier molecular flexibility index (Phi) is 72.4. The number of esters is 4. The summed E-state index contributed by atoms with van der Waals surface area (Å²) in [4.78, 5) is 73.0. The van der Waals surface area contributed by atoms with Gasteiger partial charge in [0.25, 0.3) is 0 Å². The van der Waals surface area contributed by atoms with Crippen molar-refractivity contribution >= 4 is 39.5 Å². The van der Waals surface area contributed by atoms with E-state index >= 15 is 0 Å². The first kappa shape index (κ1) is 98.9. The monoisotopic (exact) mass is 1500 g/mol. The molecule has 17 nitrogen and oxygen atoms in total. The lowest BCUT2D eigenvalue weighted by molar-refractivity contribution is -0.161. The fourth-order valence-electron chi connectivity index (χ4n) is 10.2. The van der Waals surface area contributed by atoms with Gasteiger partial charge in [-0.25, -0.2) is 9.13 Å². The molecule has 0 aliphatic heterocycles. The summed E-state index contributed by atoms with van der Waals surface area (Å²) in [5.41, 5.74) is 0. The maximum atomic E-state index is 13.1. The van der Waals surface area contributed by atoms with Crippen molar-refractivity contribution in [2.24, 2.45) is 0 Å². The molecule has 0 fully saturated rings.